The molecule has 0 saturated heterocycles. The SMILES string of the molecule is CCCN(CCC)C1Cc2cccc3c2c(nn3[Si](C(C)C)(C(C)C)C(C)C)C1. The number of aromatic nitrogens is 2. The fourth-order valence-electron chi connectivity index (χ4n) is 6.52. The molecule has 0 aliphatic heterocycles. The number of benzene rings is 1. The summed E-state index contributed by atoms with van der Waals surface area (Å²) in [5, 5.41) is 6.94. The first-order valence-corrected chi connectivity index (χ1v) is 14.2. The van der Waals surface area contributed by atoms with Crippen LogP contribution in [-0.4, -0.2) is 41.7 Å². The van der Waals surface area contributed by atoms with Crippen molar-refractivity contribution in [1.29, 1.82) is 0 Å². The summed E-state index contributed by atoms with van der Waals surface area (Å²) >= 11 is 0. The molecule has 0 bridgehead atoms. The van der Waals surface area contributed by atoms with E-state index in [1.54, 1.807) is 0 Å². The molecular weight excluding hydrogens is 370 g/mol. The Hall–Kier alpha value is -1.13. The summed E-state index contributed by atoms with van der Waals surface area (Å²) in [6, 6.07) is 7.60. The molecule has 1 aliphatic rings. The maximum absolute atomic E-state index is 5.46. The molecule has 0 spiro atoms. The largest absolute Gasteiger partial charge is 0.300 e. The van der Waals surface area contributed by atoms with Crippen molar-refractivity contribution in [2.45, 2.75) is 104 Å². The van der Waals surface area contributed by atoms with Crippen LogP contribution in [0.5, 0.6) is 0 Å². The predicted octanol–water partition coefficient (Wildman–Crippen LogP) is 6.65. The van der Waals surface area contributed by atoms with Crippen LogP contribution in [0.3, 0.4) is 0 Å². The highest BCUT2D eigenvalue weighted by atomic mass is 28.3. The van der Waals surface area contributed by atoms with Gasteiger partial charge in [0.2, 0.25) is 0 Å². The fraction of sp³-hybridized carbons (Fsp3) is 0.720. The first kappa shape index (κ1) is 22.5. The van der Waals surface area contributed by atoms with Gasteiger partial charge in [-0.3, -0.25) is 9.25 Å². The van der Waals surface area contributed by atoms with Gasteiger partial charge in [0.05, 0.1) is 11.2 Å². The van der Waals surface area contributed by atoms with Gasteiger partial charge in [-0.1, -0.05) is 67.5 Å². The second-order valence-corrected chi connectivity index (χ2v) is 15.8. The number of hydrogen-bond donors (Lipinski definition) is 0. The first-order chi connectivity index (χ1) is 13.8. The summed E-state index contributed by atoms with van der Waals surface area (Å²) in [4.78, 5) is 2.72. The van der Waals surface area contributed by atoms with E-state index in [0.29, 0.717) is 22.7 Å². The van der Waals surface area contributed by atoms with Crippen LogP contribution >= 0.6 is 0 Å². The molecule has 0 saturated carbocycles. The van der Waals surface area contributed by atoms with Crippen molar-refractivity contribution >= 4 is 19.1 Å². The Kier molecular flexibility index (Phi) is 6.94. The molecule has 1 aromatic heterocycles. The summed E-state index contributed by atoms with van der Waals surface area (Å²) in [6.07, 6.45) is 4.74. The zero-order valence-electron chi connectivity index (χ0n) is 20.1. The molecule has 0 amide bonds. The summed E-state index contributed by atoms with van der Waals surface area (Å²) in [5.74, 6) is 0. The molecule has 3 rings (SSSR count). The number of hydrogen-bond acceptors (Lipinski definition) is 2. The van der Waals surface area contributed by atoms with Crippen molar-refractivity contribution in [3.8, 4) is 0 Å². The van der Waals surface area contributed by atoms with Gasteiger partial charge in [0.25, 0.3) is 0 Å². The van der Waals surface area contributed by atoms with Gasteiger partial charge in [-0.05, 0) is 60.6 Å². The Morgan fingerprint density at radius 1 is 0.966 bits per heavy atom. The molecule has 1 aliphatic carbocycles. The van der Waals surface area contributed by atoms with Crippen LogP contribution in [0, 0.1) is 0 Å². The molecule has 1 unspecified atom stereocenters. The van der Waals surface area contributed by atoms with E-state index >= 15 is 0 Å². The maximum atomic E-state index is 5.46. The zero-order chi connectivity index (χ0) is 21.3. The average molecular weight is 414 g/mol. The molecule has 29 heavy (non-hydrogen) atoms. The second-order valence-electron chi connectivity index (χ2n) is 10.1. The molecule has 0 radical (unpaired) electrons. The van der Waals surface area contributed by atoms with Crippen LogP contribution in [0.1, 0.15) is 79.5 Å². The molecule has 0 N–H and O–H groups in total. The predicted molar refractivity (Wildman–Crippen MR) is 130 cm³/mol. The van der Waals surface area contributed by atoms with Crippen LogP contribution in [0.15, 0.2) is 18.2 Å². The van der Waals surface area contributed by atoms with Gasteiger partial charge in [0.1, 0.15) is 0 Å². The Morgan fingerprint density at radius 3 is 2.07 bits per heavy atom. The van der Waals surface area contributed by atoms with Crippen molar-refractivity contribution in [3.05, 3.63) is 29.5 Å². The highest BCUT2D eigenvalue weighted by molar-refractivity contribution is 6.82. The van der Waals surface area contributed by atoms with E-state index in [-0.39, 0.29) is 0 Å². The summed E-state index contributed by atoms with van der Waals surface area (Å²) < 4.78 is 2.59. The van der Waals surface area contributed by atoms with Crippen LogP contribution < -0.4 is 0 Å². The monoisotopic (exact) mass is 413 g/mol. The Bertz CT molecular complexity index is 793. The maximum Gasteiger partial charge on any atom is 0.193 e. The molecule has 1 atom stereocenters. The Morgan fingerprint density at radius 2 is 1.55 bits per heavy atom. The molecule has 2 aromatic rings. The van der Waals surface area contributed by atoms with Gasteiger partial charge in [-0.25, -0.2) is 0 Å². The van der Waals surface area contributed by atoms with E-state index in [4.69, 9.17) is 5.10 Å². The van der Waals surface area contributed by atoms with E-state index in [9.17, 15) is 0 Å². The minimum Gasteiger partial charge on any atom is -0.300 e. The lowest BCUT2D eigenvalue weighted by atomic mass is 9.90. The molecular formula is C25H43N3Si. The van der Waals surface area contributed by atoms with E-state index in [0.717, 1.165) is 6.42 Å². The second kappa shape index (κ2) is 8.93. The molecule has 1 heterocycles. The Labute approximate surface area is 180 Å². The molecule has 4 heteroatoms. The first-order valence-electron chi connectivity index (χ1n) is 12.0. The van der Waals surface area contributed by atoms with Crippen LogP contribution in [0.4, 0.5) is 0 Å². The third-order valence-electron chi connectivity index (χ3n) is 7.43. The van der Waals surface area contributed by atoms with Crippen molar-refractivity contribution in [3.63, 3.8) is 0 Å². The quantitative estimate of drug-likeness (QED) is 0.429. The number of rotatable bonds is 9. The zero-order valence-corrected chi connectivity index (χ0v) is 21.1. The summed E-state index contributed by atoms with van der Waals surface area (Å²) in [7, 11) is -1.85. The van der Waals surface area contributed by atoms with E-state index in [1.807, 2.05) is 0 Å². The topological polar surface area (TPSA) is 21.1 Å². The summed E-state index contributed by atoms with van der Waals surface area (Å²) in [6.45, 7) is 21.7. The Balaban J connectivity index is 2.14. The average Bonchev–Trinajstić information content (AvgIpc) is 3.01. The van der Waals surface area contributed by atoms with Gasteiger partial charge in [0, 0.05) is 17.8 Å². The van der Waals surface area contributed by atoms with Gasteiger partial charge in [0.15, 0.2) is 8.24 Å². The van der Waals surface area contributed by atoms with Gasteiger partial charge < -0.3 is 0 Å². The van der Waals surface area contributed by atoms with Crippen LogP contribution in [-0.2, 0) is 12.8 Å². The lowest BCUT2D eigenvalue weighted by molar-refractivity contribution is 0.190. The van der Waals surface area contributed by atoms with Crippen LogP contribution in [0.25, 0.3) is 10.9 Å². The third kappa shape index (κ3) is 3.72. The summed E-state index contributed by atoms with van der Waals surface area (Å²) in [5.41, 5.74) is 6.29. The highest BCUT2D eigenvalue weighted by Crippen LogP contribution is 2.45. The third-order valence-corrected chi connectivity index (χ3v) is 14.1. The highest BCUT2D eigenvalue weighted by Gasteiger charge is 2.48. The van der Waals surface area contributed by atoms with Crippen molar-refractivity contribution in [2.75, 3.05) is 13.1 Å². The van der Waals surface area contributed by atoms with Crippen molar-refractivity contribution in [2.24, 2.45) is 0 Å². The smallest absolute Gasteiger partial charge is 0.193 e. The standard InChI is InChI=1S/C25H43N3Si/c1-9-14-27(15-10-2)22-16-21-12-11-13-24-25(21)23(17-22)26-28(24)29(18(3)4,19(5)6)20(7)8/h11-13,18-20,22H,9-10,14-17H2,1-8H3. The minimum atomic E-state index is -1.85. The molecule has 162 valence electrons. The van der Waals surface area contributed by atoms with E-state index in [1.165, 1.54) is 54.5 Å². The van der Waals surface area contributed by atoms with Crippen molar-refractivity contribution in [1.82, 2.24) is 14.3 Å². The molecule has 1 aromatic carbocycles. The van der Waals surface area contributed by atoms with Gasteiger partial charge in [-0.2, -0.15) is 5.10 Å². The van der Waals surface area contributed by atoms with Crippen LogP contribution in [0.2, 0.25) is 16.6 Å². The lowest BCUT2D eigenvalue weighted by Gasteiger charge is -2.43. The van der Waals surface area contributed by atoms with Crippen molar-refractivity contribution < 1.29 is 0 Å². The molecule has 0 fully saturated rings. The van der Waals surface area contributed by atoms with E-state index in [2.05, 4.69) is 82.8 Å². The molecule has 3 nitrogen and oxygen atoms in total. The fourth-order valence-corrected chi connectivity index (χ4v) is 12.9. The van der Waals surface area contributed by atoms with Gasteiger partial charge >= 0.3 is 0 Å². The minimum absolute atomic E-state index is 0.601. The number of nitrogens with zero attached hydrogens (tertiary/aromatic N) is 3. The van der Waals surface area contributed by atoms with Gasteiger partial charge in [-0.15, -0.1) is 0 Å². The van der Waals surface area contributed by atoms with E-state index < -0.39 is 8.24 Å². The lowest BCUT2D eigenvalue weighted by Crippen LogP contribution is -2.52. The normalized spacial score (nSPS) is 17.4.